The van der Waals surface area contributed by atoms with E-state index < -0.39 is 0 Å². The zero-order chi connectivity index (χ0) is 12.0. The Bertz CT molecular complexity index is 318. The molecule has 2 atom stereocenters. The molecule has 4 heteroatoms. The minimum absolute atomic E-state index is 0.0196. The largest absolute Gasteiger partial charge is 0.495 e. The number of hydrogen-bond donors (Lipinski definition) is 1. The predicted octanol–water partition coefficient (Wildman–Crippen LogP) is 1.91. The summed E-state index contributed by atoms with van der Waals surface area (Å²) in [7, 11) is 3.30. The van der Waals surface area contributed by atoms with Crippen LogP contribution in [0.2, 0.25) is 0 Å². The standard InChI is InChI=1S/C12H20N2O2/c1-4-6-9(15-2)11(13)12-10(16-3)7-5-8-14-12/h5,7-9,11H,4,6,13H2,1-3H3. The molecular weight excluding hydrogens is 204 g/mol. The van der Waals surface area contributed by atoms with Crippen LogP contribution in [0.25, 0.3) is 0 Å². The number of rotatable bonds is 6. The van der Waals surface area contributed by atoms with Gasteiger partial charge >= 0.3 is 0 Å². The van der Waals surface area contributed by atoms with Gasteiger partial charge < -0.3 is 15.2 Å². The smallest absolute Gasteiger partial charge is 0.142 e. The van der Waals surface area contributed by atoms with Gasteiger partial charge in [0.2, 0.25) is 0 Å². The highest BCUT2D eigenvalue weighted by molar-refractivity contribution is 5.29. The highest BCUT2D eigenvalue weighted by atomic mass is 16.5. The van der Waals surface area contributed by atoms with E-state index in [0.29, 0.717) is 5.75 Å². The summed E-state index contributed by atoms with van der Waals surface area (Å²) in [5.74, 6) is 0.716. The van der Waals surface area contributed by atoms with Gasteiger partial charge in [-0.3, -0.25) is 4.98 Å². The van der Waals surface area contributed by atoms with Crippen molar-refractivity contribution in [2.75, 3.05) is 14.2 Å². The maximum absolute atomic E-state index is 6.14. The molecule has 0 radical (unpaired) electrons. The van der Waals surface area contributed by atoms with Crippen LogP contribution in [-0.4, -0.2) is 25.3 Å². The Hall–Kier alpha value is -1.13. The Morgan fingerprint density at radius 1 is 1.44 bits per heavy atom. The van der Waals surface area contributed by atoms with Gasteiger partial charge in [-0.05, 0) is 18.6 Å². The third-order valence-corrected chi connectivity index (χ3v) is 2.61. The van der Waals surface area contributed by atoms with Crippen LogP contribution >= 0.6 is 0 Å². The predicted molar refractivity (Wildman–Crippen MR) is 63.4 cm³/mol. The molecule has 1 aromatic heterocycles. The van der Waals surface area contributed by atoms with Gasteiger partial charge in [-0.25, -0.2) is 0 Å². The van der Waals surface area contributed by atoms with E-state index >= 15 is 0 Å². The van der Waals surface area contributed by atoms with Crippen LogP contribution in [0.4, 0.5) is 0 Å². The van der Waals surface area contributed by atoms with Crippen molar-refractivity contribution in [3.8, 4) is 5.75 Å². The quantitative estimate of drug-likeness (QED) is 0.802. The Morgan fingerprint density at radius 3 is 2.75 bits per heavy atom. The molecule has 16 heavy (non-hydrogen) atoms. The van der Waals surface area contributed by atoms with E-state index in [9.17, 15) is 0 Å². The second-order valence-electron chi connectivity index (χ2n) is 3.68. The number of aromatic nitrogens is 1. The summed E-state index contributed by atoms with van der Waals surface area (Å²) in [4.78, 5) is 4.27. The molecule has 0 saturated carbocycles. The van der Waals surface area contributed by atoms with Gasteiger partial charge in [-0.2, -0.15) is 0 Å². The SMILES string of the molecule is CCCC(OC)C(N)c1ncccc1OC. The van der Waals surface area contributed by atoms with Gasteiger partial charge in [0, 0.05) is 13.3 Å². The lowest BCUT2D eigenvalue weighted by atomic mass is 10.0. The van der Waals surface area contributed by atoms with Gasteiger partial charge in [-0.1, -0.05) is 13.3 Å². The fourth-order valence-electron chi connectivity index (χ4n) is 1.73. The van der Waals surface area contributed by atoms with E-state index in [-0.39, 0.29) is 12.1 Å². The molecule has 0 saturated heterocycles. The highest BCUT2D eigenvalue weighted by Gasteiger charge is 2.22. The summed E-state index contributed by atoms with van der Waals surface area (Å²) in [5, 5.41) is 0. The zero-order valence-corrected chi connectivity index (χ0v) is 10.1. The van der Waals surface area contributed by atoms with Gasteiger partial charge in [-0.15, -0.1) is 0 Å². The molecule has 1 aromatic rings. The molecule has 90 valence electrons. The monoisotopic (exact) mass is 224 g/mol. The second-order valence-corrected chi connectivity index (χ2v) is 3.68. The van der Waals surface area contributed by atoms with Crippen molar-refractivity contribution in [2.24, 2.45) is 5.73 Å². The lowest BCUT2D eigenvalue weighted by Crippen LogP contribution is -2.29. The molecule has 0 aliphatic carbocycles. The summed E-state index contributed by atoms with van der Waals surface area (Å²) < 4.78 is 10.6. The number of pyridine rings is 1. The average Bonchev–Trinajstić information content (AvgIpc) is 2.35. The molecular formula is C12H20N2O2. The van der Waals surface area contributed by atoms with Crippen LogP contribution in [0, 0.1) is 0 Å². The first-order chi connectivity index (χ1) is 7.74. The van der Waals surface area contributed by atoms with Crippen molar-refractivity contribution < 1.29 is 9.47 Å². The van der Waals surface area contributed by atoms with Crippen LogP contribution in [-0.2, 0) is 4.74 Å². The molecule has 4 nitrogen and oxygen atoms in total. The molecule has 1 rings (SSSR count). The first-order valence-corrected chi connectivity index (χ1v) is 5.51. The third kappa shape index (κ3) is 2.93. The second kappa shape index (κ2) is 6.45. The van der Waals surface area contributed by atoms with Gasteiger partial charge in [0.25, 0.3) is 0 Å². The summed E-state index contributed by atoms with van der Waals surface area (Å²) in [6, 6.07) is 3.44. The number of nitrogens with zero attached hydrogens (tertiary/aromatic N) is 1. The molecule has 2 unspecified atom stereocenters. The van der Waals surface area contributed by atoms with Gasteiger partial charge in [0.15, 0.2) is 0 Å². The first-order valence-electron chi connectivity index (χ1n) is 5.51. The maximum Gasteiger partial charge on any atom is 0.142 e. The number of methoxy groups -OCH3 is 2. The molecule has 0 fully saturated rings. The van der Waals surface area contributed by atoms with E-state index in [1.165, 1.54) is 0 Å². The highest BCUT2D eigenvalue weighted by Crippen LogP contribution is 2.25. The normalized spacial score (nSPS) is 14.5. The van der Waals surface area contributed by atoms with Crippen molar-refractivity contribution in [2.45, 2.75) is 31.9 Å². The van der Waals surface area contributed by atoms with Crippen molar-refractivity contribution >= 4 is 0 Å². The topological polar surface area (TPSA) is 57.4 Å². The zero-order valence-electron chi connectivity index (χ0n) is 10.1. The van der Waals surface area contributed by atoms with Crippen LogP contribution < -0.4 is 10.5 Å². The van der Waals surface area contributed by atoms with Crippen LogP contribution in [0.5, 0.6) is 5.75 Å². The first kappa shape index (κ1) is 12.9. The Kier molecular flexibility index (Phi) is 5.22. The molecule has 0 aliphatic heterocycles. The molecule has 0 spiro atoms. The van der Waals surface area contributed by atoms with E-state index in [4.69, 9.17) is 15.2 Å². The molecule has 1 heterocycles. The Morgan fingerprint density at radius 2 is 2.19 bits per heavy atom. The molecule has 0 aromatic carbocycles. The van der Waals surface area contributed by atoms with Crippen molar-refractivity contribution in [1.82, 2.24) is 4.98 Å². The number of hydrogen-bond acceptors (Lipinski definition) is 4. The minimum atomic E-state index is -0.249. The fourth-order valence-corrected chi connectivity index (χ4v) is 1.73. The van der Waals surface area contributed by atoms with E-state index in [1.54, 1.807) is 20.4 Å². The van der Waals surface area contributed by atoms with E-state index in [1.807, 2.05) is 12.1 Å². The number of ether oxygens (including phenoxy) is 2. The van der Waals surface area contributed by atoms with E-state index in [0.717, 1.165) is 18.5 Å². The van der Waals surface area contributed by atoms with Crippen molar-refractivity contribution in [1.29, 1.82) is 0 Å². The molecule has 0 bridgehead atoms. The molecule has 2 N–H and O–H groups in total. The van der Waals surface area contributed by atoms with E-state index in [2.05, 4.69) is 11.9 Å². The Labute approximate surface area is 96.8 Å². The van der Waals surface area contributed by atoms with Crippen molar-refractivity contribution in [3.63, 3.8) is 0 Å². The van der Waals surface area contributed by atoms with Crippen LogP contribution in [0.15, 0.2) is 18.3 Å². The summed E-state index contributed by atoms with van der Waals surface area (Å²) in [5.41, 5.74) is 6.90. The minimum Gasteiger partial charge on any atom is -0.495 e. The average molecular weight is 224 g/mol. The lowest BCUT2D eigenvalue weighted by Gasteiger charge is -2.22. The summed E-state index contributed by atoms with van der Waals surface area (Å²) in [6.07, 6.45) is 3.64. The van der Waals surface area contributed by atoms with Crippen LogP contribution in [0.3, 0.4) is 0 Å². The maximum atomic E-state index is 6.14. The molecule has 0 aliphatic rings. The van der Waals surface area contributed by atoms with Crippen molar-refractivity contribution in [3.05, 3.63) is 24.0 Å². The summed E-state index contributed by atoms with van der Waals surface area (Å²) >= 11 is 0. The summed E-state index contributed by atoms with van der Waals surface area (Å²) in [6.45, 7) is 2.11. The Balaban J connectivity index is 2.88. The fraction of sp³-hybridized carbons (Fsp3) is 0.583. The molecule has 0 amide bonds. The van der Waals surface area contributed by atoms with Gasteiger partial charge in [0.1, 0.15) is 11.4 Å². The van der Waals surface area contributed by atoms with Gasteiger partial charge in [0.05, 0.1) is 19.3 Å². The third-order valence-electron chi connectivity index (χ3n) is 2.61. The number of nitrogens with two attached hydrogens (primary N) is 1. The lowest BCUT2D eigenvalue weighted by molar-refractivity contribution is 0.0706. The van der Waals surface area contributed by atoms with Crippen LogP contribution in [0.1, 0.15) is 31.5 Å².